The van der Waals surface area contributed by atoms with Gasteiger partial charge in [0.05, 0.1) is 0 Å². The van der Waals surface area contributed by atoms with Gasteiger partial charge >= 0.3 is 0 Å². The summed E-state index contributed by atoms with van der Waals surface area (Å²) in [7, 11) is 0. The van der Waals surface area contributed by atoms with Crippen molar-refractivity contribution in [2.75, 3.05) is 0 Å². The van der Waals surface area contributed by atoms with Gasteiger partial charge in [-0.05, 0) is 53.7 Å². The van der Waals surface area contributed by atoms with E-state index in [2.05, 4.69) is 45.0 Å². The Kier molecular flexibility index (Phi) is 3.77. The second-order valence-electron chi connectivity index (χ2n) is 7.41. The van der Waals surface area contributed by atoms with Crippen LogP contribution in [0, 0.1) is 16.7 Å². The minimum Gasteiger partial charge on any atom is -0.294 e. The van der Waals surface area contributed by atoms with Gasteiger partial charge in [-0.2, -0.15) is 0 Å². The zero-order chi connectivity index (χ0) is 15.1. The molecular formula is C19H24OS. The van der Waals surface area contributed by atoms with E-state index in [-0.39, 0.29) is 10.8 Å². The SMILES string of the molecule is CC1(C)CCC[C@]2(C)C(=O)C=C(Sc3ccccc3)C[C@H]12. The normalized spacial score (nSPS) is 31.5. The predicted octanol–water partition coefficient (Wildman–Crippen LogP) is 5.47. The van der Waals surface area contributed by atoms with Crippen LogP contribution in [-0.2, 0) is 4.79 Å². The van der Waals surface area contributed by atoms with Crippen molar-refractivity contribution in [1.29, 1.82) is 0 Å². The summed E-state index contributed by atoms with van der Waals surface area (Å²) in [5, 5.41) is 0. The molecule has 3 rings (SSSR count). The molecule has 2 aliphatic rings. The molecule has 0 unspecified atom stereocenters. The molecule has 0 heterocycles. The van der Waals surface area contributed by atoms with Crippen molar-refractivity contribution in [2.24, 2.45) is 16.7 Å². The number of thioether (sulfide) groups is 1. The van der Waals surface area contributed by atoms with E-state index in [9.17, 15) is 4.79 Å². The topological polar surface area (TPSA) is 17.1 Å². The van der Waals surface area contributed by atoms with Crippen LogP contribution in [0.25, 0.3) is 0 Å². The monoisotopic (exact) mass is 300 g/mol. The molecule has 1 aromatic rings. The first kappa shape index (κ1) is 14.9. The van der Waals surface area contributed by atoms with Gasteiger partial charge in [0, 0.05) is 10.3 Å². The molecule has 0 N–H and O–H groups in total. The van der Waals surface area contributed by atoms with Crippen LogP contribution in [0.4, 0.5) is 0 Å². The Labute approximate surface area is 132 Å². The summed E-state index contributed by atoms with van der Waals surface area (Å²) in [5.41, 5.74) is 0.127. The third-order valence-electron chi connectivity index (χ3n) is 5.48. The lowest BCUT2D eigenvalue weighted by molar-refractivity contribution is -0.134. The van der Waals surface area contributed by atoms with Crippen LogP contribution in [0.1, 0.15) is 46.5 Å². The van der Waals surface area contributed by atoms with Gasteiger partial charge in [0.2, 0.25) is 0 Å². The minimum absolute atomic E-state index is 0.136. The smallest absolute Gasteiger partial charge is 0.162 e. The van der Waals surface area contributed by atoms with E-state index < -0.39 is 0 Å². The van der Waals surface area contributed by atoms with Crippen molar-refractivity contribution >= 4 is 17.5 Å². The van der Waals surface area contributed by atoms with Gasteiger partial charge in [0.15, 0.2) is 5.78 Å². The van der Waals surface area contributed by atoms with Gasteiger partial charge in [-0.1, -0.05) is 57.2 Å². The molecule has 0 spiro atoms. The molecule has 2 atom stereocenters. The van der Waals surface area contributed by atoms with Gasteiger partial charge in [-0.15, -0.1) is 0 Å². The van der Waals surface area contributed by atoms with Gasteiger partial charge in [0.25, 0.3) is 0 Å². The standard InChI is InChI=1S/C19H24OS/c1-18(2)10-7-11-19(3)16(18)12-15(13-17(19)20)21-14-8-5-4-6-9-14/h4-6,8-9,13,16H,7,10-12H2,1-3H3/t16-,19+/m1/s1. The molecule has 2 heteroatoms. The molecule has 2 aliphatic carbocycles. The average Bonchev–Trinajstić information content (AvgIpc) is 2.42. The third kappa shape index (κ3) is 2.70. The van der Waals surface area contributed by atoms with E-state index in [1.165, 1.54) is 22.6 Å². The van der Waals surface area contributed by atoms with E-state index in [1.54, 1.807) is 11.8 Å². The second-order valence-corrected chi connectivity index (χ2v) is 8.61. The van der Waals surface area contributed by atoms with Crippen LogP contribution in [-0.4, -0.2) is 5.78 Å². The predicted molar refractivity (Wildman–Crippen MR) is 89.2 cm³/mol. The number of benzene rings is 1. The number of fused-ring (bicyclic) bond motifs is 1. The number of carbonyl (C=O) groups excluding carboxylic acids is 1. The molecule has 1 saturated carbocycles. The van der Waals surface area contributed by atoms with Gasteiger partial charge in [0.1, 0.15) is 0 Å². The summed E-state index contributed by atoms with van der Waals surface area (Å²) in [6.07, 6.45) is 6.45. The van der Waals surface area contributed by atoms with Crippen molar-refractivity contribution in [3.63, 3.8) is 0 Å². The number of carbonyl (C=O) groups is 1. The molecule has 0 radical (unpaired) electrons. The quantitative estimate of drug-likeness (QED) is 0.720. The molecule has 21 heavy (non-hydrogen) atoms. The summed E-state index contributed by atoms with van der Waals surface area (Å²) >= 11 is 1.76. The van der Waals surface area contributed by atoms with Crippen molar-refractivity contribution < 1.29 is 4.79 Å². The third-order valence-corrected chi connectivity index (χ3v) is 6.54. The maximum absolute atomic E-state index is 12.7. The Morgan fingerprint density at radius 2 is 1.81 bits per heavy atom. The van der Waals surface area contributed by atoms with Crippen LogP contribution >= 0.6 is 11.8 Å². The molecule has 0 saturated heterocycles. The first-order valence-electron chi connectivity index (χ1n) is 7.90. The van der Waals surface area contributed by atoms with E-state index >= 15 is 0 Å². The summed E-state index contributed by atoms with van der Waals surface area (Å²) in [6.45, 7) is 6.89. The largest absolute Gasteiger partial charge is 0.294 e. The van der Waals surface area contributed by atoms with Crippen LogP contribution in [0.15, 0.2) is 46.2 Å². The molecule has 0 bridgehead atoms. The van der Waals surface area contributed by atoms with Gasteiger partial charge in [-0.25, -0.2) is 0 Å². The summed E-state index contributed by atoms with van der Waals surface area (Å²) in [5.74, 6) is 0.826. The Morgan fingerprint density at radius 1 is 1.10 bits per heavy atom. The maximum atomic E-state index is 12.7. The Bertz CT molecular complexity index is 572. The van der Waals surface area contributed by atoms with Crippen molar-refractivity contribution in [3.05, 3.63) is 41.3 Å². The average molecular weight is 300 g/mol. The van der Waals surface area contributed by atoms with E-state index in [0.717, 1.165) is 12.8 Å². The van der Waals surface area contributed by atoms with Crippen molar-refractivity contribution in [3.8, 4) is 0 Å². The van der Waals surface area contributed by atoms with Gasteiger partial charge in [-0.3, -0.25) is 4.79 Å². The number of rotatable bonds is 2. The highest BCUT2D eigenvalue weighted by atomic mass is 32.2. The van der Waals surface area contributed by atoms with E-state index in [4.69, 9.17) is 0 Å². The molecular weight excluding hydrogens is 276 g/mol. The lowest BCUT2D eigenvalue weighted by atomic mass is 9.52. The Balaban J connectivity index is 1.89. The maximum Gasteiger partial charge on any atom is 0.162 e. The molecule has 112 valence electrons. The molecule has 0 amide bonds. The zero-order valence-corrected chi connectivity index (χ0v) is 14.0. The van der Waals surface area contributed by atoms with Crippen LogP contribution in [0.5, 0.6) is 0 Å². The fourth-order valence-electron chi connectivity index (χ4n) is 4.20. The first-order valence-corrected chi connectivity index (χ1v) is 8.71. The summed E-state index contributed by atoms with van der Waals surface area (Å²) < 4.78 is 0. The van der Waals surface area contributed by atoms with Crippen molar-refractivity contribution in [2.45, 2.75) is 51.3 Å². The Hall–Kier alpha value is -1.02. The molecule has 0 aliphatic heterocycles. The second kappa shape index (κ2) is 5.31. The van der Waals surface area contributed by atoms with Crippen LogP contribution in [0.2, 0.25) is 0 Å². The molecule has 0 aromatic heterocycles. The fourth-order valence-corrected chi connectivity index (χ4v) is 5.21. The van der Waals surface area contributed by atoms with Crippen LogP contribution < -0.4 is 0 Å². The van der Waals surface area contributed by atoms with Crippen LogP contribution in [0.3, 0.4) is 0 Å². The highest BCUT2D eigenvalue weighted by molar-refractivity contribution is 8.03. The number of hydrogen-bond donors (Lipinski definition) is 0. The lowest BCUT2D eigenvalue weighted by Crippen LogP contribution is -2.48. The lowest BCUT2D eigenvalue weighted by Gasteiger charge is -2.51. The molecule has 1 fully saturated rings. The molecule has 1 nitrogen and oxygen atoms in total. The minimum atomic E-state index is -0.136. The van der Waals surface area contributed by atoms with Crippen molar-refractivity contribution in [1.82, 2.24) is 0 Å². The number of allylic oxidation sites excluding steroid dienone is 2. The summed E-state index contributed by atoms with van der Waals surface area (Å²) in [6, 6.07) is 10.4. The van der Waals surface area contributed by atoms with E-state index in [1.807, 2.05) is 12.1 Å². The zero-order valence-electron chi connectivity index (χ0n) is 13.2. The molecule has 1 aromatic carbocycles. The number of hydrogen-bond acceptors (Lipinski definition) is 2. The highest BCUT2D eigenvalue weighted by Crippen LogP contribution is 2.57. The van der Waals surface area contributed by atoms with E-state index in [0.29, 0.717) is 11.7 Å². The van der Waals surface area contributed by atoms with Gasteiger partial charge < -0.3 is 0 Å². The Morgan fingerprint density at radius 3 is 2.52 bits per heavy atom. The summed E-state index contributed by atoms with van der Waals surface area (Å²) in [4.78, 5) is 15.2. The fraction of sp³-hybridized carbons (Fsp3) is 0.526. The first-order chi connectivity index (χ1) is 9.92. The highest BCUT2D eigenvalue weighted by Gasteiger charge is 2.51. The number of ketones is 1.